The van der Waals surface area contributed by atoms with Gasteiger partial charge in [-0.05, 0) is 130 Å². The van der Waals surface area contributed by atoms with E-state index < -0.39 is 125 Å². The first-order valence-corrected chi connectivity index (χ1v) is 31.1. The molecule has 11 atom stereocenters. The zero-order valence-corrected chi connectivity index (χ0v) is 50.9. The highest BCUT2D eigenvalue weighted by Crippen LogP contribution is 2.16. The number of carbonyl (C=O) groups excluding carboxylic acids is 10. The molecule has 0 unspecified atom stereocenters. The van der Waals surface area contributed by atoms with E-state index in [1.165, 1.54) is 49.5 Å². The fourth-order valence-electron chi connectivity index (χ4n) is 8.66. The molecule has 0 heterocycles. The standard InChI is InChI=1S/C57H92N12O12S2/c1-9-34(4)47(61-36(6)71)56(80)65-43(26-30-83-8)52(76)69-48(35(5)70)57(81)67-44(31-37-17-11-10-12-18-37)53(77)63-41(20-14-16-28-59)50(74)64-42(25-29-82-7)51(75)66-45(32-38-21-23-39(72)24-22-38)54(78)68-46(33(2)3)55(79)62-40(49(60)73)19-13-15-27-58/h10-12,17-18,21-24,33-35,40-48,70,72H,9,13-16,19-20,25-32,58-59H2,1-8H3,(H2,60,73)(H,61,71)(H,62,79)(H,63,77)(H,64,74)(H,65,80)(H,66,75)(H,67,81)(H,68,78)(H,69,76)/t34-,35+,40-,41-,42-,43-,44-,45-,46-,47-,48-/m0/s1. The number of aliphatic hydroxyl groups is 1. The summed E-state index contributed by atoms with van der Waals surface area (Å²) < 4.78 is 0. The highest BCUT2D eigenvalue weighted by atomic mass is 32.2. The summed E-state index contributed by atoms with van der Waals surface area (Å²) in [7, 11) is 0. The number of hydrogen-bond donors (Lipinski definition) is 14. The zero-order valence-electron chi connectivity index (χ0n) is 49.3. The molecule has 24 nitrogen and oxygen atoms in total. The van der Waals surface area contributed by atoms with Gasteiger partial charge in [-0.1, -0.05) is 76.6 Å². The van der Waals surface area contributed by atoms with E-state index in [2.05, 4.69) is 47.9 Å². The van der Waals surface area contributed by atoms with Crippen LogP contribution in [-0.4, -0.2) is 167 Å². The zero-order chi connectivity index (χ0) is 62.2. The molecule has 0 radical (unpaired) electrons. The normalized spacial score (nSPS) is 15.2. The third kappa shape index (κ3) is 26.8. The molecule has 0 bridgehead atoms. The van der Waals surface area contributed by atoms with Crippen LogP contribution in [0.2, 0.25) is 0 Å². The highest BCUT2D eigenvalue weighted by Gasteiger charge is 2.37. The van der Waals surface area contributed by atoms with Gasteiger partial charge in [0.05, 0.1) is 6.10 Å². The Balaban J connectivity index is 2.53. The van der Waals surface area contributed by atoms with Gasteiger partial charge in [0.15, 0.2) is 0 Å². The van der Waals surface area contributed by atoms with Crippen molar-refractivity contribution in [2.45, 2.75) is 173 Å². The van der Waals surface area contributed by atoms with Crippen molar-refractivity contribution >= 4 is 82.6 Å². The van der Waals surface area contributed by atoms with E-state index >= 15 is 0 Å². The van der Waals surface area contributed by atoms with Crippen molar-refractivity contribution in [2.24, 2.45) is 29.0 Å². The van der Waals surface area contributed by atoms with Crippen LogP contribution in [0.5, 0.6) is 5.75 Å². The topological polar surface area (TPSA) is 397 Å². The summed E-state index contributed by atoms with van der Waals surface area (Å²) in [5, 5.41) is 45.2. The van der Waals surface area contributed by atoms with Crippen molar-refractivity contribution in [3.05, 3.63) is 65.7 Å². The number of phenolic OH excluding ortho intramolecular Hbond substituents is 1. The van der Waals surface area contributed by atoms with Gasteiger partial charge in [-0.2, -0.15) is 23.5 Å². The van der Waals surface area contributed by atoms with Gasteiger partial charge in [-0.15, -0.1) is 0 Å². The Labute approximate surface area is 496 Å². The molecule has 2 rings (SSSR count). The summed E-state index contributed by atoms with van der Waals surface area (Å²) in [5.41, 5.74) is 18.2. The quantitative estimate of drug-likeness (QED) is 0.0387. The van der Waals surface area contributed by atoms with E-state index in [0.29, 0.717) is 61.3 Å². The molecule has 83 heavy (non-hydrogen) atoms. The Morgan fingerprint density at radius 2 is 0.867 bits per heavy atom. The maximum absolute atomic E-state index is 14.6. The SMILES string of the molecule is CC[C@H](C)[C@H](NC(C)=O)C(=O)N[C@@H](CCSC)C(=O)N[C@H](C(=O)N[C@@H](Cc1ccccc1)C(=O)N[C@@H](CCCCN)C(=O)N[C@@H](CCSC)C(=O)N[C@@H](Cc1ccc(O)cc1)C(=O)N[C@H](C(=O)N[C@@H](CCCCN)C(N)=O)C(C)C)[C@@H](C)O. The van der Waals surface area contributed by atoms with Crippen LogP contribution in [0.1, 0.15) is 110 Å². The summed E-state index contributed by atoms with van der Waals surface area (Å²) in [4.78, 5) is 138. The average Bonchev–Trinajstić information content (AvgIpc) is 3.55. The van der Waals surface area contributed by atoms with Crippen LogP contribution in [0.15, 0.2) is 54.6 Å². The van der Waals surface area contributed by atoms with E-state index in [-0.39, 0.29) is 56.7 Å². The highest BCUT2D eigenvalue weighted by molar-refractivity contribution is 7.98. The monoisotopic (exact) mass is 1200 g/mol. The van der Waals surface area contributed by atoms with Crippen LogP contribution in [0.3, 0.4) is 0 Å². The number of primary amides is 1. The van der Waals surface area contributed by atoms with Crippen LogP contribution in [0, 0.1) is 11.8 Å². The van der Waals surface area contributed by atoms with Gasteiger partial charge in [0.25, 0.3) is 0 Å². The molecule has 0 fully saturated rings. The molecule has 0 saturated carbocycles. The average molecular weight is 1200 g/mol. The van der Waals surface area contributed by atoms with Gasteiger partial charge >= 0.3 is 0 Å². The maximum atomic E-state index is 14.6. The number of aromatic hydroxyl groups is 1. The van der Waals surface area contributed by atoms with Gasteiger partial charge in [-0.3, -0.25) is 47.9 Å². The van der Waals surface area contributed by atoms with Crippen LogP contribution < -0.4 is 65.1 Å². The second-order valence-corrected chi connectivity index (χ2v) is 23.0. The van der Waals surface area contributed by atoms with Crippen LogP contribution >= 0.6 is 23.5 Å². The van der Waals surface area contributed by atoms with E-state index in [0.717, 1.165) is 0 Å². The van der Waals surface area contributed by atoms with E-state index in [1.807, 2.05) is 6.92 Å². The van der Waals surface area contributed by atoms with Gasteiger partial charge in [-0.25, -0.2) is 0 Å². The Morgan fingerprint density at radius 1 is 0.482 bits per heavy atom. The second kappa shape index (κ2) is 39.1. The molecule has 10 amide bonds. The number of benzene rings is 2. The molecule has 0 aliphatic heterocycles. The molecular formula is C57H92N12O12S2. The predicted molar refractivity (Wildman–Crippen MR) is 322 cm³/mol. The maximum Gasteiger partial charge on any atom is 0.245 e. The molecule has 0 saturated heterocycles. The number of aliphatic hydroxyl groups excluding tert-OH is 1. The van der Waals surface area contributed by atoms with E-state index in [9.17, 15) is 58.2 Å². The van der Waals surface area contributed by atoms with Crippen molar-refractivity contribution in [2.75, 3.05) is 37.1 Å². The van der Waals surface area contributed by atoms with Gasteiger partial charge < -0.3 is 75.3 Å². The molecule has 17 N–H and O–H groups in total. The third-order valence-corrected chi connectivity index (χ3v) is 15.1. The molecule has 0 aliphatic carbocycles. The van der Waals surface area contributed by atoms with Crippen molar-refractivity contribution < 1.29 is 58.2 Å². The molecule has 464 valence electrons. The van der Waals surface area contributed by atoms with E-state index in [4.69, 9.17) is 17.2 Å². The van der Waals surface area contributed by atoms with E-state index in [1.54, 1.807) is 75.7 Å². The molecule has 2 aromatic rings. The molecule has 0 spiro atoms. The smallest absolute Gasteiger partial charge is 0.245 e. The number of thioether (sulfide) groups is 2. The molecule has 0 aromatic heterocycles. The number of carbonyl (C=O) groups is 10. The first-order chi connectivity index (χ1) is 39.4. The Hall–Kier alpha value is -6.48. The first-order valence-electron chi connectivity index (χ1n) is 28.3. The number of nitrogens with two attached hydrogens (primary N) is 3. The van der Waals surface area contributed by atoms with Crippen LogP contribution in [-0.2, 0) is 60.8 Å². The lowest BCUT2D eigenvalue weighted by Gasteiger charge is -2.29. The van der Waals surface area contributed by atoms with Crippen molar-refractivity contribution in [3.63, 3.8) is 0 Å². The second-order valence-electron chi connectivity index (χ2n) is 21.0. The van der Waals surface area contributed by atoms with Crippen LogP contribution in [0.4, 0.5) is 0 Å². The van der Waals surface area contributed by atoms with Crippen LogP contribution in [0.25, 0.3) is 0 Å². The lowest BCUT2D eigenvalue weighted by atomic mass is 9.97. The van der Waals surface area contributed by atoms with Gasteiger partial charge in [0, 0.05) is 19.8 Å². The molecular weight excluding hydrogens is 1110 g/mol. The number of phenols is 1. The summed E-state index contributed by atoms with van der Waals surface area (Å²) in [6.45, 7) is 10.2. The fourth-order valence-corrected chi connectivity index (χ4v) is 9.60. The predicted octanol–water partition coefficient (Wildman–Crippen LogP) is -0.107. The molecule has 26 heteroatoms. The lowest BCUT2D eigenvalue weighted by molar-refractivity contribution is -0.137. The summed E-state index contributed by atoms with van der Waals surface area (Å²) >= 11 is 2.78. The minimum Gasteiger partial charge on any atom is -0.508 e. The molecule has 2 aromatic carbocycles. The van der Waals surface area contributed by atoms with Gasteiger partial charge in [0.2, 0.25) is 59.1 Å². The van der Waals surface area contributed by atoms with Gasteiger partial charge in [0.1, 0.15) is 60.1 Å². The Bertz CT molecular complexity index is 2390. The Kier molecular flexibility index (Phi) is 34.2. The summed E-state index contributed by atoms with van der Waals surface area (Å²) in [5.74, 6) is -7.54. The summed E-state index contributed by atoms with van der Waals surface area (Å²) in [6, 6.07) is 3.11. The fraction of sp³-hybridized carbons (Fsp3) is 0.614. The lowest BCUT2D eigenvalue weighted by Crippen LogP contribution is -2.62. The minimum absolute atomic E-state index is 0.0289. The minimum atomic E-state index is -1.65. The van der Waals surface area contributed by atoms with Crippen molar-refractivity contribution in [1.82, 2.24) is 47.9 Å². The summed E-state index contributed by atoms with van der Waals surface area (Å²) in [6.07, 6.45) is 4.67. The number of nitrogens with one attached hydrogen (secondary N) is 9. The first kappa shape index (κ1) is 72.6. The number of unbranched alkanes of at least 4 members (excludes halogenated alkanes) is 2. The van der Waals surface area contributed by atoms with Crippen molar-refractivity contribution in [3.8, 4) is 5.75 Å². The number of rotatable bonds is 40. The largest absolute Gasteiger partial charge is 0.508 e. The third-order valence-electron chi connectivity index (χ3n) is 13.8. The molecule has 0 aliphatic rings. The van der Waals surface area contributed by atoms with Crippen molar-refractivity contribution in [1.29, 1.82) is 0 Å². The number of amides is 10. The number of hydrogen-bond acceptors (Lipinski definition) is 16. The Morgan fingerprint density at radius 3 is 1.33 bits per heavy atom.